The molecule has 2 fully saturated rings. The number of ether oxygens (including phenoxy) is 1. The van der Waals surface area contributed by atoms with Crippen LogP contribution in [-0.2, 0) is 19.6 Å². The van der Waals surface area contributed by atoms with Crippen LogP contribution >= 0.6 is 11.8 Å². The molecule has 3 aliphatic heterocycles. The number of fused-ring (bicyclic) bond motifs is 2. The Morgan fingerprint density at radius 1 is 0.872 bits per heavy atom. The number of nitrogens with zero attached hydrogens (tertiary/aromatic N) is 2. The number of ketones is 1. The SMILES string of the molecule is CCCCCCCCCCCCCCC(C(=O)C1CCCO1)N1CCN(S(=O)(=O)C(C)c2ccc3c(c2)Nc2ccccc2S3)CC1. The van der Waals surface area contributed by atoms with Crippen LogP contribution in [0.3, 0.4) is 0 Å². The minimum absolute atomic E-state index is 0.185. The normalized spacial score (nSPS) is 19.9. The van der Waals surface area contributed by atoms with E-state index in [2.05, 4.69) is 23.2 Å². The topological polar surface area (TPSA) is 79.0 Å². The molecule has 47 heavy (non-hydrogen) atoms. The van der Waals surface area contributed by atoms with Crippen LogP contribution in [0, 0.1) is 0 Å². The number of hydrogen-bond donors (Lipinski definition) is 1. The van der Waals surface area contributed by atoms with Crippen molar-refractivity contribution in [3.63, 3.8) is 0 Å². The van der Waals surface area contributed by atoms with Gasteiger partial charge in [0.15, 0.2) is 5.78 Å². The van der Waals surface area contributed by atoms with Crippen LogP contribution in [0.1, 0.15) is 121 Å². The lowest BCUT2D eigenvalue weighted by Gasteiger charge is -2.39. The summed E-state index contributed by atoms with van der Waals surface area (Å²) < 4.78 is 35.2. The van der Waals surface area contributed by atoms with Crippen molar-refractivity contribution in [3.8, 4) is 0 Å². The number of hydrogen-bond acceptors (Lipinski definition) is 7. The third-order valence-corrected chi connectivity index (χ3v) is 13.7. The van der Waals surface area contributed by atoms with Gasteiger partial charge in [-0.15, -0.1) is 0 Å². The highest BCUT2D eigenvalue weighted by Crippen LogP contribution is 2.45. The molecule has 0 saturated carbocycles. The monoisotopic (exact) mass is 683 g/mol. The smallest absolute Gasteiger partial charge is 0.220 e. The Kier molecular flexibility index (Phi) is 14.1. The predicted molar refractivity (Wildman–Crippen MR) is 194 cm³/mol. The molecular weight excluding hydrogens is 627 g/mol. The van der Waals surface area contributed by atoms with Crippen molar-refractivity contribution < 1.29 is 17.9 Å². The van der Waals surface area contributed by atoms with Crippen LogP contribution in [0.2, 0.25) is 0 Å². The van der Waals surface area contributed by atoms with Gasteiger partial charge in [-0.1, -0.05) is 114 Å². The van der Waals surface area contributed by atoms with Crippen molar-refractivity contribution in [2.75, 3.05) is 38.1 Å². The van der Waals surface area contributed by atoms with Crippen LogP contribution < -0.4 is 5.32 Å². The van der Waals surface area contributed by atoms with E-state index >= 15 is 0 Å². The molecule has 3 aliphatic rings. The molecular formula is C38H57N3O4S2. The summed E-state index contributed by atoms with van der Waals surface area (Å²) in [4.78, 5) is 18.1. The van der Waals surface area contributed by atoms with E-state index in [1.165, 1.54) is 69.1 Å². The number of Topliss-reactive ketones (excluding diaryl/α,β-unsaturated/α-hetero) is 1. The Balaban J connectivity index is 1.10. The van der Waals surface area contributed by atoms with E-state index in [1.807, 2.05) is 36.4 Å². The Morgan fingerprint density at radius 3 is 2.17 bits per heavy atom. The first-order valence-electron chi connectivity index (χ1n) is 18.4. The van der Waals surface area contributed by atoms with Crippen molar-refractivity contribution in [2.45, 2.75) is 137 Å². The molecule has 0 bridgehead atoms. The van der Waals surface area contributed by atoms with E-state index in [-0.39, 0.29) is 17.9 Å². The first-order chi connectivity index (χ1) is 22.9. The van der Waals surface area contributed by atoms with E-state index in [4.69, 9.17) is 4.74 Å². The Labute approximate surface area is 288 Å². The van der Waals surface area contributed by atoms with Gasteiger partial charge in [0, 0.05) is 42.6 Å². The zero-order valence-electron chi connectivity index (χ0n) is 28.8. The molecule has 0 radical (unpaired) electrons. The Bertz CT molecular complexity index is 1390. The standard InChI is InChI=1S/C38H57N3O4S2/c1-3-4-5-6-7-8-9-10-11-12-13-14-19-34(38(42)35-20-17-28-45-35)40-24-26-41(27-25-40)47(43,44)30(2)31-22-23-37-33(29-31)39-32-18-15-16-21-36(32)46-37/h15-16,18,21-23,29-30,34-35,39H,3-14,17,19-20,24-28H2,1-2H3. The minimum atomic E-state index is -3.56. The van der Waals surface area contributed by atoms with Crippen LogP contribution in [0.15, 0.2) is 52.3 Å². The first kappa shape index (κ1) is 36.4. The zero-order valence-corrected chi connectivity index (χ0v) is 30.4. The van der Waals surface area contributed by atoms with Gasteiger partial charge >= 0.3 is 0 Å². The number of nitrogens with one attached hydrogen (secondary N) is 1. The summed E-state index contributed by atoms with van der Waals surface area (Å²) in [5.41, 5.74) is 2.79. The number of unbranched alkanes of at least 4 members (excludes halogenated alkanes) is 11. The number of carbonyl (C=O) groups excluding carboxylic acids is 1. The lowest BCUT2D eigenvalue weighted by atomic mass is 9.96. The summed E-state index contributed by atoms with van der Waals surface area (Å²) in [5, 5.41) is 2.83. The number of anilines is 2. The summed E-state index contributed by atoms with van der Waals surface area (Å²) in [6.07, 6.45) is 17.8. The third kappa shape index (κ3) is 9.84. The van der Waals surface area contributed by atoms with Gasteiger partial charge < -0.3 is 10.1 Å². The number of rotatable bonds is 19. The number of para-hydroxylation sites is 1. The molecule has 3 unspecified atom stereocenters. The molecule has 260 valence electrons. The van der Waals surface area contributed by atoms with E-state index in [1.54, 1.807) is 23.0 Å². The van der Waals surface area contributed by atoms with E-state index in [9.17, 15) is 13.2 Å². The van der Waals surface area contributed by atoms with E-state index in [0.717, 1.165) is 53.9 Å². The first-order valence-corrected chi connectivity index (χ1v) is 20.8. The molecule has 0 amide bonds. The maximum atomic E-state index is 13.9. The Morgan fingerprint density at radius 2 is 1.51 bits per heavy atom. The number of sulfonamides is 1. The molecule has 0 aromatic heterocycles. The molecule has 0 spiro atoms. The second kappa shape index (κ2) is 18.2. The van der Waals surface area contributed by atoms with Gasteiger partial charge in [0.2, 0.25) is 10.0 Å². The number of benzene rings is 2. The molecule has 2 aromatic carbocycles. The van der Waals surface area contributed by atoms with Gasteiger partial charge in [-0.25, -0.2) is 8.42 Å². The summed E-state index contributed by atoms with van der Waals surface area (Å²) in [5.74, 6) is 0.205. The van der Waals surface area contributed by atoms with Crippen molar-refractivity contribution in [3.05, 3.63) is 48.0 Å². The number of piperazine rings is 1. The fraction of sp³-hybridized carbons (Fsp3) is 0.658. The summed E-state index contributed by atoms with van der Waals surface area (Å²) in [6, 6.07) is 14.0. The highest BCUT2D eigenvalue weighted by atomic mass is 32.2. The molecule has 1 N–H and O–H groups in total. The van der Waals surface area contributed by atoms with Crippen molar-refractivity contribution in [1.29, 1.82) is 0 Å². The third-order valence-electron chi connectivity index (χ3n) is 10.3. The van der Waals surface area contributed by atoms with Crippen LogP contribution in [-0.4, -0.2) is 68.3 Å². The van der Waals surface area contributed by atoms with Crippen LogP contribution in [0.25, 0.3) is 0 Å². The average molecular weight is 684 g/mol. The maximum Gasteiger partial charge on any atom is 0.220 e. The van der Waals surface area contributed by atoms with Gasteiger partial charge in [-0.05, 0) is 56.0 Å². The molecule has 7 nitrogen and oxygen atoms in total. The fourth-order valence-corrected chi connectivity index (χ4v) is 9.85. The second-order valence-corrected chi connectivity index (χ2v) is 17.0. The summed E-state index contributed by atoms with van der Waals surface area (Å²) >= 11 is 1.70. The molecule has 2 saturated heterocycles. The van der Waals surface area contributed by atoms with Gasteiger partial charge in [-0.3, -0.25) is 9.69 Å². The van der Waals surface area contributed by atoms with Crippen molar-refractivity contribution >= 4 is 38.9 Å². The number of carbonyl (C=O) groups is 1. The largest absolute Gasteiger partial charge is 0.370 e. The zero-order chi connectivity index (χ0) is 33.1. The molecule has 9 heteroatoms. The van der Waals surface area contributed by atoms with Crippen LogP contribution in [0.4, 0.5) is 11.4 Å². The predicted octanol–water partition coefficient (Wildman–Crippen LogP) is 9.11. The minimum Gasteiger partial charge on any atom is -0.370 e. The van der Waals surface area contributed by atoms with Gasteiger partial charge in [0.25, 0.3) is 0 Å². The van der Waals surface area contributed by atoms with Crippen molar-refractivity contribution in [2.24, 2.45) is 0 Å². The summed E-state index contributed by atoms with van der Waals surface area (Å²) in [7, 11) is -3.56. The van der Waals surface area contributed by atoms with E-state index in [0.29, 0.717) is 32.8 Å². The van der Waals surface area contributed by atoms with Gasteiger partial charge in [0.05, 0.1) is 22.7 Å². The highest BCUT2D eigenvalue weighted by molar-refractivity contribution is 7.99. The maximum absolute atomic E-state index is 13.9. The van der Waals surface area contributed by atoms with Crippen molar-refractivity contribution in [1.82, 2.24) is 9.21 Å². The Hall–Kier alpha value is -1.91. The lowest BCUT2D eigenvalue weighted by Crippen LogP contribution is -2.55. The fourth-order valence-electron chi connectivity index (χ4n) is 7.27. The quantitative estimate of drug-likeness (QED) is 0.126. The average Bonchev–Trinajstić information content (AvgIpc) is 3.64. The highest BCUT2D eigenvalue weighted by Gasteiger charge is 2.38. The molecule has 2 aromatic rings. The van der Waals surface area contributed by atoms with E-state index < -0.39 is 15.3 Å². The summed E-state index contributed by atoms with van der Waals surface area (Å²) in [6.45, 7) is 6.70. The van der Waals surface area contributed by atoms with Crippen LogP contribution in [0.5, 0.6) is 0 Å². The van der Waals surface area contributed by atoms with Gasteiger partial charge in [0.1, 0.15) is 6.10 Å². The molecule has 5 rings (SSSR count). The van der Waals surface area contributed by atoms with Gasteiger partial charge in [-0.2, -0.15) is 4.31 Å². The molecule has 3 atom stereocenters. The molecule has 3 heterocycles. The lowest BCUT2D eigenvalue weighted by molar-refractivity contribution is -0.134. The molecule has 0 aliphatic carbocycles. The second-order valence-electron chi connectivity index (χ2n) is 13.7.